The largest absolute Gasteiger partial charge is 0.306 e. The number of aryl methyl sites for hydroxylation is 1. The number of hydrogen-bond acceptors (Lipinski definition) is 3. The van der Waals surface area contributed by atoms with E-state index in [1.807, 2.05) is 13.0 Å². The summed E-state index contributed by atoms with van der Waals surface area (Å²) >= 11 is 0. The Morgan fingerprint density at radius 1 is 1.47 bits per heavy atom. The average molecular weight is 231 g/mol. The van der Waals surface area contributed by atoms with Crippen LogP contribution in [0, 0.1) is 6.92 Å². The molecule has 90 valence electrons. The third-order valence-corrected chi connectivity index (χ3v) is 3.00. The van der Waals surface area contributed by atoms with Gasteiger partial charge in [-0.05, 0) is 25.3 Å². The summed E-state index contributed by atoms with van der Waals surface area (Å²) in [6.07, 6.45) is 3.85. The summed E-state index contributed by atoms with van der Waals surface area (Å²) in [5, 5.41) is 0.896. The van der Waals surface area contributed by atoms with Gasteiger partial charge in [0, 0.05) is 17.1 Å². The van der Waals surface area contributed by atoms with Gasteiger partial charge in [-0.15, -0.1) is 0 Å². The van der Waals surface area contributed by atoms with E-state index in [2.05, 4.69) is 28.8 Å². The van der Waals surface area contributed by atoms with Gasteiger partial charge in [-0.3, -0.25) is 4.79 Å². The maximum Gasteiger partial charge on any atom is 0.253 e. The number of nitrogens with zero attached hydrogens (tertiary/aromatic N) is 2. The van der Waals surface area contributed by atoms with Gasteiger partial charge >= 0.3 is 0 Å². The zero-order valence-corrected chi connectivity index (χ0v) is 10.4. The monoisotopic (exact) mass is 231 g/mol. The summed E-state index contributed by atoms with van der Waals surface area (Å²) in [4.78, 5) is 23.1. The third-order valence-electron chi connectivity index (χ3n) is 3.00. The lowest BCUT2D eigenvalue weighted by atomic mass is 9.97. The first kappa shape index (κ1) is 11.8. The predicted octanol–water partition coefficient (Wildman–Crippen LogP) is 2.53. The molecule has 1 atom stereocenters. The number of hydrogen-bond donors (Lipinski definition) is 1. The van der Waals surface area contributed by atoms with Crippen LogP contribution in [0.3, 0.4) is 0 Å². The summed E-state index contributed by atoms with van der Waals surface area (Å²) in [5.41, 5.74) is 1.42. The van der Waals surface area contributed by atoms with Gasteiger partial charge in [-0.25, -0.2) is 9.97 Å². The van der Waals surface area contributed by atoms with Gasteiger partial charge in [0.15, 0.2) is 0 Å². The van der Waals surface area contributed by atoms with Crippen LogP contribution in [-0.2, 0) is 0 Å². The highest BCUT2D eigenvalue weighted by Crippen LogP contribution is 2.19. The van der Waals surface area contributed by atoms with Crippen molar-refractivity contribution in [3.8, 4) is 0 Å². The number of nitrogens with one attached hydrogen (secondary N) is 1. The lowest BCUT2D eigenvalue weighted by molar-refractivity contribution is 0.658. The Balaban J connectivity index is 2.56. The van der Waals surface area contributed by atoms with Crippen molar-refractivity contribution < 1.29 is 0 Å². The SMILES string of the molecule is CCCC(C)c1cc2cnc(C)nc2[nH]c1=O. The molecular formula is C13H17N3O. The third kappa shape index (κ3) is 2.35. The van der Waals surface area contributed by atoms with E-state index < -0.39 is 0 Å². The van der Waals surface area contributed by atoms with Crippen molar-refractivity contribution in [2.45, 2.75) is 39.5 Å². The number of H-pyrrole nitrogens is 1. The second kappa shape index (κ2) is 4.65. The molecule has 0 aliphatic rings. The van der Waals surface area contributed by atoms with Gasteiger partial charge in [0.1, 0.15) is 11.5 Å². The van der Waals surface area contributed by atoms with Crippen molar-refractivity contribution in [2.24, 2.45) is 0 Å². The van der Waals surface area contributed by atoms with E-state index in [1.54, 1.807) is 6.20 Å². The van der Waals surface area contributed by atoms with Crippen LogP contribution in [0.5, 0.6) is 0 Å². The normalized spacial score (nSPS) is 12.9. The lowest BCUT2D eigenvalue weighted by Gasteiger charge is -2.10. The molecule has 17 heavy (non-hydrogen) atoms. The maximum absolute atomic E-state index is 11.9. The fourth-order valence-electron chi connectivity index (χ4n) is 2.05. The molecule has 0 saturated heterocycles. The van der Waals surface area contributed by atoms with Gasteiger partial charge < -0.3 is 4.98 Å². The summed E-state index contributed by atoms with van der Waals surface area (Å²) in [5.74, 6) is 0.942. The highest BCUT2D eigenvalue weighted by atomic mass is 16.1. The van der Waals surface area contributed by atoms with Crippen LogP contribution >= 0.6 is 0 Å². The summed E-state index contributed by atoms with van der Waals surface area (Å²) in [6, 6.07) is 1.91. The smallest absolute Gasteiger partial charge is 0.253 e. The van der Waals surface area contributed by atoms with Crippen LogP contribution in [-0.4, -0.2) is 15.0 Å². The van der Waals surface area contributed by atoms with Gasteiger partial charge in [-0.1, -0.05) is 20.3 Å². The van der Waals surface area contributed by atoms with Crippen molar-refractivity contribution in [2.75, 3.05) is 0 Å². The van der Waals surface area contributed by atoms with E-state index in [1.165, 1.54) is 0 Å². The molecule has 4 nitrogen and oxygen atoms in total. The molecule has 1 N–H and O–H groups in total. The molecule has 0 radical (unpaired) electrons. The van der Waals surface area contributed by atoms with Crippen molar-refractivity contribution in [3.63, 3.8) is 0 Å². The van der Waals surface area contributed by atoms with Crippen LogP contribution in [0.4, 0.5) is 0 Å². The molecule has 2 rings (SSSR count). The summed E-state index contributed by atoms with van der Waals surface area (Å²) in [6.45, 7) is 6.01. The van der Waals surface area contributed by atoms with Gasteiger partial charge in [0.25, 0.3) is 5.56 Å². The molecule has 0 bridgehead atoms. The molecule has 0 spiro atoms. The Labute approximate surface area is 100 Å². The fourth-order valence-corrected chi connectivity index (χ4v) is 2.05. The first-order valence-electron chi connectivity index (χ1n) is 5.98. The molecule has 2 aromatic heterocycles. The van der Waals surface area contributed by atoms with Crippen molar-refractivity contribution in [1.82, 2.24) is 15.0 Å². The fraction of sp³-hybridized carbons (Fsp3) is 0.462. The van der Waals surface area contributed by atoms with E-state index in [-0.39, 0.29) is 11.5 Å². The van der Waals surface area contributed by atoms with Gasteiger partial charge in [0.2, 0.25) is 0 Å². The highest BCUT2D eigenvalue weighted by molar-refractivity contribution is 5.74. The summed E-state index contributed by atoms with van der Waals surface area (Å²) in [7, 11) is 0. The quantitative estimate of drug-likeness (QED) is 0.883. The predicted molar refractivity (Wildman–Crippen MR) is 68.2 cm³/mol. The van der Waals surface area contributed by atoms with E-state index in [0.29, 0.717) is 11.5 Å². The number of fused-ring (bicyclic) bond motifs is 1. The van der Waals surface area contributed by atoms with Crippen LogP contribution in [0.15, 0.2) is 17.1 Å². The second-order valence-electron chi connectivity index (χ2n) is 4.46. The zero-order valence-electron chi connectivity index (χ0n) is 10.4. The minimum absolute atomic E-state index is 0.0310. The standard InChI is InChI=1S/C13H17N3O/c1-4-5-8(2)11-6-10-7-14-9(3)15-12(10)16-13(11)17/h6-8H,4-5H2,1-3H3,(H,14,15,16,17). The molecule has 0 aliphatic heterocycles. The minimum Gasteiger partial charge on any atom is -0.306 e. The molecule has 0 aromatic carbocycles. The van der Waals surface area contributed by atoms with Crippen molar-refractivity contribution >= 4 is 11.0 Å². The van der Waals surface area contributed by atoms with E-state index in [4.69, 9.17) is 0 Å². The first-order valence-corrected chi connectivity index (χ1v) is 5.98. The van der Waals surface area contributed by atoms with Crippen molar-refractivity contribution in [1.29, 1.82) is 0 Å². The van der Waals surface area contributed by atoms with E-state index >= 15 is 0 Å². The second-order valence-corrected chi connectivity index (χ2v) is 4.46. The van der Waals surface area contributed by atoms with E-state index in [9.17, 15) is 4.79 Å². The Morgan fingerprint density at radius 3 is 2.94 bits per heavy atom. The Kier molecular flexibility index (Phi) is 3.22. The summed E-state index contributed by atoms with van der Waals surface area (Å²) < 4.78 is 0. The maximum atomic E-state index is 11.9. The van der Waals surface area contributed by atoms with Gasteiger partial charge in [-0.2, -0.15) is 0 Å². The van der Waals surface area contributed by atoms with Crippen LogP contribution < -0.4 is 5.56 Å². The Morgan fingerprint density at radius 2 is 2.24 bits per heavy atom. The number of pyridine rings is 1. The molecule has 2 heterocycles. The van der Waals surface area contributed by atoms with Crippen LogP contribution in [0.2, 0.25) is 0 Å². The molecule has 1 unspecified atom stereocenters. The Hall–Kier alpha value is -1.71. The zero-order chi connectivity index (χ0) is 12.4. The Bertz CT molecular complexity index is 589. The topological polar surface area (TPSA) is 58.6 Å². The number of aromatic amines is 1. The number of rotatable bonds is 3. The minimum atomic E-state index is -0.0310. The van der Waals surface area contributed by atoms with Crippen LogP contribution in [0.25, 0.3) is 11.0 Å². The molecule has 0 fully saturated rings. The first-order chi connectivity index (χ1) is 8.11. The van der Waals surface area contributed by atoms with Crippen molar-refractivity contribution in [3.05, 3.63) is 34.0 Å². The average Bonchev–Trinajstić information content (AvgIpc) is 2.28. The van der Waals surface area contributed by atoms with Crippen LogP contribution in [0.1, 0.15) is 44.0 Å². The van der Waals surface area contributed by atoms with Gasteiger partial charge in [0.05, 0.1) is 0 Å². The molecule has 0 aliphatic carbocycles. The molecule has 0 saturated carbocycles. The molecule has 0 amide bonds. The molecular weight excluding hydrogens is 214 g/mol. The molecule has 4 heteroatoms. The number of aromatic nitrogens is 3. The highest BCUT2D eigenvalue weighted by Gasteiger charge is 2.10. The van der Waals surface area contributed by atoms with E-state index in [0.717, 1.165) is 23.8 Å². The molecule has 2 aromatic rings. The lowest BCUT2D eigenvalue weighted by Crippen LogP contribution is -2.15.